The summed E-state index contributed by atoms with van der Waals surface area (Å²) in [4.78, 5) is 11.4. The molecule has 0 spiro atoms. The first kappa shape index (κ1) is 21.9. The van der Waals surface area contributed by atoms with Crippen LogP contribution in [0.3, 0.4) is 0 Å². The second-order valence-electron chi connectivity index (χ2n) is 7.46. The zero-order valence-electron chi connectivity index (χ0n) is 18.1. The third kappa shape index (κ3) is 3.96. The van der Waals surface area contributed by atoms with Crippen LogP contribution >= 0.6 is 0 Å². The number of carbonyl (C=O) groups excluding carboxylic acids is 1. The van der Waals surface area contributed by atoms with Crippen LogP contribution < -0.4 is 14.8 Å². The van der Waals surface area contributed by atoms with Gasteiger partial charge < -0.3 is 19.4 Å². The molecule has 32 heavy (non-hydrogen) atoms. The minimum absolute atomic E-state index is 0.151. The van der Waals surface area contributed by atoms with Crippen molar-refractivity contribution < 1.29 is 22.7 Å². The van der Waals surface area contributed by atoms with E-state index in [2.05, 4.69) is 9.88 Å². The van der Waals surface area contributed by atoms with Gasteiger partial charge in [0.05, 0.1) is 25.2 Å². The van der Waals surface area contributed by atoms with E-state index in [-0.39, 0.29) is 10.8 Å². The summed E-state index contributed by atoms with van der Waals surface area (Å²) < 4.78 is 42.0. The van der Waals surface area contributed by atoms with Crippen molar-refractivity contribution in [3.63, 3.8) is 0 Å². The fourth-order valence-corrected chi connectivity index (χ4v) is 5.61. The number of benzene rings is 2. The molecule has 8 nitrogen and oxygen atoms in total. The van der Waals surface area contributed by atoms with Gasteiger partial charge >= 0.3 is 0 Å². The Kier molecular flexibility index (Phi) is 5.94. The molecule has 168 valence electrons. The molecule has 0 saturated heterocycles. The van der Waals surface area contributed by atoms with Crippen LogP contribution in [0.5, 0.6) is 11.5 Å². The molecule has 0 fully saturated rings. The van der Waals surface area contributed by atoms with Crippen LogP contribution in [0.25, 0.3) is 0 Å². The molecule has 0 unspecified atom stereocenters. The lowest BCUT2D eigenvalue weighted by atomic mass is 10.0. The molecular weight excluding hydrogens is 430 g/mol. The van der Waals surface area contributed by atoms with Crippen LogP contribution in [0, 0.1) is 0 Å². The number of fused-ring (bicyclic) bond motifs is 1. The number of hydrogen-bond donors (Lipinski definition) is 1. The van der Waals surface area contributed by atoms with Crippen molar-refractivity contribution in [1.82, 2.24) is 8.87 Å². The summed E-state index contributed by atoms with van der Waals surface area (Å²) in [6.07, 6.45) is 1.95. The number of rotatable bonds is 6. The number of aromatic nitrogens is 1. The Morgan fingerprint density at radius 3 is 2.44 bits per heavy atom. The summed E-state index contributed by atoms with van der Waals surface area (Å²) in [6, 6.07) is 14.8. The Morgan fingerprint density at radius 1 is 1.03 bits per heavy atom. The summed E-state index contributed by atoms with van der Waals surface area (Å²) in [5, 5.41) is 2.65. The zero-order chi connectivity index (χ0) is 22.9. The molecule has 2 aromatic carbocycles. The van der Waals surface area contributed by atoms with Gasteiger partial charge in [-0.05, 0) is 54.6 Å². The van der Waals surface area contributed by atoms with Crippen LogP contribution in [-0.4, -0.2) is 44.0 Å². The van der Waals surface area contributed by atoms with E-state index >= 15 is 0 Å². The quantitative estimate of drug-likeness (QED) is 0.616. The van der Waals surface area contributed by atoms with Crippen molar-refractivity contribution in [2.75, 3.05) is 26.1 Å². The number of ether oxygens (including phenoxy) is 2. The van der Waals surface area contributed by atoms with E-state index in [1.807, 2.05) is 24.4 Å². The smallest absolute Gasteiger partial charge is 0.244 e. The van der Waals surface area contributed by atoms with Crippen LogP contribution in [0.15, 0.2) is 65.7 Å². The lowest BCUT2D eigenvalue weighted by Crippen LogP contribution is -2.42. The fourth-order valence-electron chi connectivity index (χ4n) is 4.04. The highest BCUT2D eigenvalue weighted by molar-refractivity contribution is 7.89. The number of sulfonamides is 1. The molecule has 9 heteroatoms. The normalized spacial score (nSPS) is 16.3. The van der Waals surface area contributed by atoms with Gasteiger partial charge in [0.15, 0.2) is 0 Å². The predicted molar refractivity (Wildman–Crippen MR) is 120 cm³/mol. The van der Waals surface area contributed by atoms with E-state index in [1.165, 1.54) is 23.4 Å². The molecular formula is C23H25N3O5S. The average molecular weight is 456 g/mol. The first-order valence-corrected chi connectivity index (χ1v) is 11.6. The molecule has 1 aromatic heterocycles. The molecule has 0 aliphatic carbocycles. The standard InChI is InChI=1S/C23H25N3O5S/c1-16(27)24-17-6-9-19(10-7-17)32(28,29)26-14-13-25-12-4-5-21(25)23(26)20-15-18(30-2)8-11-22(20)31-3/h4-12,15,23H,13-14H2,1-3H3,(H,24,27)/t23-/m1/s1. The summed E-state index contributed by atoms with van der Waals surface area (Å²) >= 11 is 0. The van der Waals surface area contributed by atoms with E-state index in [4.69, 9.17) is 9.47 Å². The van der Waals surface area contributed by atoms with Crippen molar-refractivity contribution in [3.8, 4) is 11.5 Å². The lowest BCUT2D eigenvalue weighted by molar-refractivity contribution is -0.114. The van der Waals surface area contributed by atoms with E-state index in [0.29, 0.717) is 35.8 Å². The maximum absolute atomic E-state index is 13.7. The maximum atomic E-state index is 13.7. The highest BCUT2D eigenvalue weighted by Gasteiger charge is 2.39. The molecule has 1 amide bonds. The third-order valence-electron chi connectivity index (χ3n) is 5.51. The molecule has 0 radical (unpaired) electrons. The molecule has 1 N–H and O–H groups in total. The van der Waals surface area contributed by atoms with Crippen LogP contribution in [-0.2, 0) is 21.4 Å². The maximum Gasteiger partial charge on any atom is 0.244 e. The number of methoxy groups -OCH3 is 2. The van der Waals surface area contributed by atoms with Crippen molar-refractivity contribution in [2.45, 2.75) is 24.4 Å². The van der Waals surface area contributed by atoms with Gasteiger partial charge in [-0.2, -0.15) is 4.31 Å². The number of amides is 1. The Balaban J connectivity index is 1.82. The van der Waals surface area contributed by atoms with Gasteiger partial charge in [0, 0.05) is 43.2 Å². The molecule has 1 aliphatic heterocycles. The zero-order valence-corrected chi connectivity index (χ0v) is 18.9. The average Bonchev–Trinajstić information content (AvgIpc) is 3.27. The Bertz CT molecular complexity index is 1230. The molecule has 0 saturated carbocycles. The Hall–Kier alpha value is -3.30. The van der Waals surface area contributed by atoms with Crippen LogP contribution in [0.2, 0.25) is 0 Å². The van der Waals surface area contributed by atoms with Gasteiger partial charge in [0.1, 0.15) is 11.5 Å². The number of nitrogens with zero attached hydrogens (tertiary/aromatic N) is 2. The van der Waals surface area contributed by atoms with Crippen molar-refractivity contribution >= 4 is 21.6 Å². The Labute approximate surface area is 187 Å². The highest BCUT2D eigenvalue weighted by atomic mass is 32.2. The molecule has 0 bridgehead atoms. The largest absolute Gasteiger partial charge is 0.497 e. The fraction of sp³-hybridized carbons (Fsp3) is 0.261. The van der Waals surface area contributed by atoms with Crippen LogP contribution in [0.1, 0.15) is 24.2 Å². The second kappa shape index (κ2) is 8.68. The van der Waals surface area contributed by atoms with Gasteiger partial charge in [-0.25, -0.2) is 8.42 Å². The molecule has 3 aromatic rings. The van der Waals surface area contributed by atoms with Crippen molar-refractivity contribution in [1.29, 1.82) is 0 Å². The number of carbonyl (C=O) groups is 1. The SMILES string of the molecule is COc1ccc(OC)c([C@@H]2c3cccn3CCN2S(=O)(=O)c2ccc(NC(C)=O)cc2)c1. The highest BCUT2D eigenvalue weighted by Crippen LogP contribution is 2.41. The van der Waals surface area contributed by atoms with E-state index in [1.54, 1.807) is 38.5 Å². The number of anilines is 1. The van der Waals surface area contributed by atoms with E-state index in [0.717, 1.165) is 5.69 Å². The third-order valence-corrected chi connectivity index (χ3v) is 7.39. The minimum Gasteiger partial charge on any atom is -0.497 e. The van der Waals surface area contributed by atoms with Gasteiger partial charge in [0.25, 0.3) is 0 Å². The monoisotopic (exact) mass is 455 g/mol. The topological polar surface area (TPSA) is 89.9 Å². The van der Waals surface area contributed by atoms with E-state index < -0.39 is 16.1 Å². The predicted octanol–water partition coefficient (Wildman–Crippen LogP) is 3.26. The summed E-state index contributed by atoms with van der Waals surface area (Å²) in [6.45, 7) is 2.23. The molecule has 1 atom stereocenters. The first-order valence-electron chi connectivity index (χ1n) is 10.1. The molecule has 4 rings (SSSR count). The van der Waals surface area contributed by atoms with E-state index in [9.17, 15) is 13.2 Å². The van der Waals surface area contributed by atoms with Gasteiger partial charge in [0.2, 0.25) is 15.9 Å². The first-order chi connectivity index (χ1) is 15.3. The number of hydrogen-bond acceptors (Lipinski definition) is 5. The summed E-state index contributed by atoms with van der Waals surface area (Å²) in [5.74, 6) is 0.968. The molecule has 2 heterocycles. The second-order valence-corrected chi connectivity index (χ2v) is 9.35. The lowest BCUT2D eigenvalue weighted by Gasteiger charge is -2.37. The van der Waals surface area contributed by atoms with Crippen molar-refractivity contribution in [3.05, 3.63) is 72.1 Å². The van der Waals surface area contributed by atoms with Gasteiger partial charge in [-0.15, -0.1) is 0 Å². The summed E-state index contributed by atoms with van der Waals surface area (Å²) in [5.41, 5.74) is 2.08. The minimum atomic E-state index is -3.86. The Morgan fingerprint density at radius 2 is 1.78 bits per heavy atom. The van der Waals surface area contributed by atoms with Crippen molar-refractivity contribution in [2.24, 2.45) is 0 Å². The molecule has 1 aliphatic rings. The summed E-state index contributed by atoms with van der Waals surface area (Å²) in [7, 11) is -0.727. The number of nitrogens with one attached hydrogen (secondary N) is 1. The van der Waals surface area contributed by atoms with Gasteiger partial charge in [-0.1, -0.05) is 0 Å². The van der Waals surface area contributed by atoms with Crippen LogP contribution in [0.4, 0.5) is 5.69 Å². The van der Waals surface area contributed by atoms with Gasteiger partial charge in [-0.3, -0.25) is 4.79 Å².